The van der Waals surface area contributed by atoms with Gasteiger partial charge in [-0.1, -0.05) is 0 Å². The molecule has 0 saturated carbocycles. The summed E-state index contributed by atoms with van der Waals surface area (Å²) in [7, 11) is 1.40. The van der Waals surface area contributed by atoms with E-state index >= 15 is 0 Å². The first-order valence-corrected chi connectivity index (χ1v) is 6.21. The quantitative estimate of drug-likeness (QED) is 0.838. The lowest BCUT2D eigenvalue weighted by Crippen LogP contribution is -2.39. The number of piperidine rings is 1. The minimum absolute atomic E-state index is 0. The van der Waals surface area contributed by atoms with Gasteiger partial charge in [-0.2, -0.15) is 0 Å². The summed E-state index contributed by atoms with van der Waals surface area (Å²) in [6.07, 6.45) is 2.04. The average Bonchev–Trinajstić information content (AvgIpc) is 2.78. The van der Waals surface area contributed by atoms with Crippen LogP contribution in [0.25, 0.3) is 0 Å². The summed E-state index contributed by atoms with van der Waals surface area (Å²) in [5.41, 5.74) is 5.85. The summed E-state index contributed by atoms with van der Waals surface area (Å²) in [5.74, 6) is -0.259. The summed E-state index contributed by atoms with van der Waals surface area (Å²) >= 11 is 1.48. The van der Waals surface area contributed by atoms with E-state index in [4.69, 9.17) is 5.73 Å². The predicted octanol–water partition coefficient (Wildman–Crippen LogP) is 1.88. The number of methoxy groups -OCH3 is 1. The highest BCUT2D eigenvalue weighted by atomic mass is 35.5. The van der Waals surface area contributed by atoms with Crippen LogP contribution in [0.2, 0.25) is 0 Å². The van der Waals surface area contributed by atoms with Gasteiger partial charge in [0, 0.05) is 19.1 Å². The number of hydrogen-bond acceptors (Lipinski definition) is 5. The van der Waals surface area contributed by atoms with Crippen molar-refractivity contribution >= 4 is 34.7 Å². The van der Waals surface area contributed by atoms with E-state index in [0.29, 0.717) is 10.9 Å². The molecule has 0 unspecified atom stereocenters. The van der Waals surface area contributed by atoms with Crippen LogP contribution in [-0.4, -0.2) is 32.2 Å². The highest BCUT2D eigenvalue weighted by Crippen LogP contribution is 2.28. The van der Waals surface area contributed by atoms with Crippen molar-refractivity contribution in [1.29, 1.82) is 0 Å². The highest BCUT2D eigenvalue weighted by Gasteiger charge is 2.19. The Morgan fingerprint density at radius 1 is 1.47 bits per heavy atom. The van der Waals surface area contributed by atoms with E-state index in [-0.39, 0.29) is 18.4 Å². The van der Waals surface area contributed by atoms with Gasteiger partial charge in [0.15, 0.2) is 0 Å². The molecule has 1 saturated heterocycles. The van der Waals surface area contributed by atoms with E-state index < -0.39 is 0 Å². The third-order valence-corrected chi connectivity index (χ3v) is 3.96. The second kappa shape index (κ2) is 6.23. The highest BCUT2D eigenvalue weighted by molar-refractivity contribution is 7.17. The molecule has 6 heteroatoms. The van der Waals surface area contributed by atoms with Crippen molar-refractivity contribution in [3.05, 3.63) is 17.0 Å². The second-order valence-corrected chi connectivity index (χ2v) is 5.02. The third-order valence-electron chi connectivity index (χ3n) is 2.83. The maximum atomic E-state index is 11.3. The van der Waals surface area contributed by atoms with E-state index in [9.17, 15) is 4.79 Å². The van der Waals surface area contributed by atoms with Gasteiger partial charge < -0.3 is 15.4 Å². The molecule has 1 fully saturated rings. The molecule has 96 valence electrons. The molecule has 17 heavy (non-hydrogen) atoms. The van der Waals surface area contributed by atoms with Crippen LogP contribution in [0, 0.1) is 0 Å². The number of anilines is 1. The van der Waals surface area contributed by atoms with Gasteiger partial charge in [0.2, 0.25) is 0 Å². The van der Waals surface area contributed by atoms with Crippen molar-refractivity contribution in [2.45, 2.75) is 18.9 Å². The molecule has 4 nitrogen and oxygen atoms in total. The van der Waals surface area contributed by atoms with Gasteiger partial charge >= 0.3 is 5.97 Å². The number of carbonyl (C=O) groups is 1. The standard InChI is InChI=1S/C11H16N2O2S.ClH/c1-15-11(14)9-2-3-10(16-9)13-6-4-8(12)5-7-13;/h2-3,8H,4-7,12H2,1H3;1H. The molecule has 1 aliphatic heterocycles. The van der Waals surface area contributed by atoms with E-state index in [2.05, 4.69) is 9.64 Å². The molecule has 0 atom stereocenters. The van der Waals surface area contributed by atoms with Crippen molar-refractivity contribution in [2.24, 2.45) is 5.73 Å². The molecule has 0 aliphatic carbocycles. The molecule has 0 aromatic carbocycles. The number of hydrogen-bond donors (Lipinski definition) is 1. The van der Waals surface area contributed by atoms with E-state index in [1.54, 1.807) is 0 Å². The topological polar surface area (TPSA) is 55.6 Å². The smallest absolute Gasteiger partial charge is 0.348 e. The fourth-order valence-corrected chi connectivity index (χ4v) is 2.80. The summed E-state index contributed by atoms with van der Waals surface area (Å²) < 4.78 is 4.69. The zero-order valence-electron chi connectivity index (χ0n) is 9.72. The lowest BCUT2D eigenvalue weighted by molar-refractivity contribution is 0.0606. The minimum atomic E-state index is -0.259. The largest absolute Gasteiger partial charge is 0.465 e. The Morgan fingerprint density at radius 3 is 2.71 bits per heavy atom. The van der Waals surface area contributed by atoms with Crippen LogP contribution in [-0.2, 0) is 4.74 Å². The van der Waals surface area contributed by atoms with Crippen molar-refractivity contribution in [3.63, 3.8) is 0 Å². The molecular formula is C11H17ClN2O2S. The molecule has 0 spiro atoms. The zero-order valence-corrected chi connectivity index (χ0v) is 11.4. The first-order chi connectivity index (χ1) is 7.70. The lowest BCUT2D eigenvalue weighted by atomic mass is 10.1. The number of esters is 1. The summed E-state index contributed by atoms with van der Waals surface area (Å²) in [5, 5.41) is 1.13. The van der Waals surface area contributed by atoms with Crippen LogP contribution in [0.15, 0.2) is 12.1 Å². The Morgan fingerprint density at radius 2 is 2.12 bits per heavy atom. The molecular weight excluding hydrogens is 260 g/mol. The van der Waals surface area contributed by atoms with Crippen LogP contribution >= 0.6 is 23.7 Å². The fraction of sp³-hybridized carbons (Fsp3) is 0.545. The van der Waals surface area contributed by atoms with Crippen LogP contribution in [0.5, 0.6) is 0 Å². The van der Waals surface area contributed by atoms with Crippen molar-refractivity contribution in [1.82, 2.24) is 0 Å². The van der Waals surface area contributed by atoms with Crippen molar-refractivity contribution in [2.75, 3.05) is 25.1 Å². The molecule has 0 bridgehead atoms. The molecule has 1 aromatic heterocycles. The van der Waals surface area contributed by atoms with Crippen LogP contribution < -0.4 is 10.6 Å². The molecule has 2 N–H and O–H groups in total. The van der Waals surface area contributed by atoms with Crippen LogP contribution in [0.3, 0.4) is 0 Å². The van der Waals surface area contributed by atoms with Gasteiger partial charge in [0.25, 0.3) is 0 Å². The van der Waals surface area contributed by atoms with E-state index in [1.165, 1.54) is 18.4 Å². The summed E-state index contributed by atoms with van der Waals surface area (Å²) in [6.45, 7) is 1.95. The normalized spacial score (nSPS) is 16.5. The first-order valence-electron chi connectivity index (χ1n) is 5.39. The number of halogens is 1. The zero-order chi connectivity index (χ0) is 11.5. The number of rotatable bonds is 2. The number of carbonyl (C=O) groups excluding carboxylic acids is 1. The maximum Gasteiger partial charge on any atom is 0.348 e. The Kier molecular flexibility index (Phi) is 5.24. The first kappa shape index (κ1) is 14.3. The Bertz CT molecular complexity index is 375. The maximum absolute atomic E-state index is 11.3. The predicted molar refractivity (Wildman–Crippen MR) is 72.3 cm³/mol. The Balaban J connectivity index is 0.00000144. The van der Waals surface area contributed by atoms with Gasteiger partial charge in [-0.3, -0.25) is 0 Å². The van der Waals surface area contributed by atoms with Crippen molar-refractivity contribution in [3.8, 4) is 0 Å². The van der Waals surface area contributed by atoms with Gasteiger partial charge in [-0.05, 0) is 25.0 Å². The van der Waals surface area contributed by atoms with Gasteiger partial charge in [0.05, 0.1) is 12.1 Å². The van der Waals surface area contributed by atoms with Gasteiger partial charge in [-0.25, -0.2) is 4.79 Å². The average molecular weight is 277 g/mol. The Hall–Kier alpha value is -0.780. The molecule has 1 aromatic rings. The molecule has 2 heterocycles. The number of nitrogens with two attached hydrogens (primary N) is 1. The number of thiophene rings is 1. The molecule has 2 rings (SSSR count). The number of ether oxygens (including phenoxy) is 1. The van der Waals surface area contributed by atoms with Crippen molar-refractivity contribution < 1.29 is 9.53 Å². The second-order valence-electron chi connectivity index (χ2n) is 3.95. The Labute approximate surface area is 111 Å². The van der Waals surface area contributed by atoms with E-state index in [1.807, 2.05) is 12.1 Å². The lowest BCUT2D eigenvalue weighted by Gasteiger charge is -2.30. The third kappa shape index (κ3) is 3.34. The molecule has 0 amide bonds. The fourth-order valence-electron chi connectivity index (χ4n) is 1.83. The minimum Gasteiger partial charge on any atom is -0.465 e. The molecule has 1 aliphatic rings. The SMILES string of the molecule is COC(=O)c1ccc(N2CCC(N)CC2)s1.Cl. The summed E-state index contributed by atoms with van der Waals surface area (Å²) in [6, 6.07) is 4.13. The molecule has 0 radical (unpaired) electrons. The van der Waals surface area contributed by atoms with Gasteiger partial charge in [-0.15, -0.1) is 23.7 Å². The monoisotopic (exact) mass is 276 g/mol. The summed E-state index contributed by atoms with van der Waals surface area (Å²) in [4.78, 5) is 14.2. The van der Waals surface area contributed by atoms with Gasteiger partial charge in [0.1, 0.15) is 4.88 Å². The van der Waals surface area contributed by atoms with Crippen LogP contribution in [0.4, 0.5) is 5.00 Å². The number of nitrogens with zero attached hydrogens (tertiary/aromatic N) is 1. The van der Waals surface area contributed by atoms with E-state index in [0.717, 1.165) is 30.9 Å². The van der Waals surface area contributed by atoms with Crippen LogP contribution in [0.1, 0.15) is 22.5 Å².